The average molecular weight is 283 g/mol. The zero-order valence-electron chi connectivity index (χ0n) is 12.1. The van der Waals surface area contributed by atoms with Crippen molar-refractivity contribution in [1.82, 2.24) is 15.0 Å². The van der Waals surface area contributed by atoms with Gasteiger partial charge in [0.2, 0.25) is 0 Å². The van der Waals surface area contributed by atoms with Crippen LogP contribution in [0.1, 0.15) is 37.8 Å². The van der Waals surface area contributed by atoms with Crippen molar-refractivity contribution in [2.45, 2.75) is 44.7 Å². The van der Waals surface area contributed by atoms with Gasteiger partial charge in [-0.15, -0.1) is 0 Å². The molecule has 1 aliphatic rings. The zero-order chi connectivity index (χ0) is 14.3. The molecule has 5 heteroatoms. The highest BCUT2D eigenvalue weighted by atomic mass is 15.1. The number of hydrogen-bond donors (Lipinski definition) is 2. The van der Waals surface area contributed by atoms with E-state index < -0.39 is 0 Å². The Morgan fingerprint density at radius 3 is 2.67 bits per heavy atom. The van der Waals surface area contributed by atoms with Gasteiger partial charge in [-0.1, -0.05) is 25.3 Å². The number of anilines is 2. The highest BCUT2D eigenvalue weighted by molar-refractivity contribution is 5.47. The van der Waals surface area contributed by atoms with Gasteiger partial charge in [-0.2, -0.15) is 0 Å². The lowest BCUT2D eigenvalue weighted by atomic mass is 9.95. The van der Waals surface area contributed by atoms with E-state index >= 15 is 0 Å². The number of nitrogens with zero attached hydrogens (tertiary/aromatic N) is 3. The SMILES string of the molecule is c1ccc(CNc2cc(NC3CCCCC3)ncn2)nc1. The van der Waals surface area contributed by atoms with E-state index in [1.54, 1.807) is 12.5 Å². The molecular weight excluding hydrogens is 262 g/mol. The lowest BCUT2D eigenvalue weighted by molar-refractivity contribution is 0.462. The standard InChI is InChI=1S/C16H21N5/c1-2-6-13(7-3-1)21-16-10-15(19-12-20-16)18-11-14-8-4-5-9-17-14/h4-5,8-10,12-13H,1-3,6-7,11H2,(H2,18,19,20,21). The van der Waals surface area contributed by atoms with Crippen LogP contribution in [0.15, 0.2) is 36.8 Å². The summed E-state index contributed by atoms with van der Waals surface area (Å²) < 4.78 is 0. The van der Waals surface area contributed by atoms with Crippen molar-refractivity contribution in [3.8, 4) is 0 Å². The van der Waals surface area contributed by atoms with Gasteiger partial charge in [0.25, 0.3) is 0 Å². The normalized spacial score (nSPS) is 15.6. The van der Waals surface area contributed by atoms with Crippen molar-refractivity contribution in [2.24, 2.45) is 0 Å². The molecule has 110 valence electrons. The summed E-state index contributed by atoms with van der Waals surface area (Å²) in [5, 5.41) is 6.80. The summed E-state index contributed by atoms with van der Waals surface area (Å²) in [4.78, 5) is 12.9. The van der Waals surface area contributed by atoms with Crippen LogP contribution in [0.25, 0.3) is 0 Å². The maximum Gasteiger partial charge on any atom is 0.131 e. The van der Waals surface area contributed by atoms with Crippen LogP contribution in [-0.2, 0) is 6.54 Å². The molecule has 0 spiro atoms. The second kappa shape index (κ2) is 7.02. The number of nitrogens with one attached hydrogen (secondary N) is 2. The maximum absolute atomic E-state index is 4.31. The van der Waals surface area contributed by atoms with Crippen LogP contribution in [0.3, 0.4) is 0 Å². The highest BCUT2D eigenvalue weighted by Crippen LogP contribution is 2.21. The quantitative estimate of drug-likeness (QED) is 0.882. The Morgan fingerprint density at radius 2 is 1.86 bits per heavy atom. The van der Waals surface area contributed by atoms with Crippen LogP contribution in [0, 0.1) is 0 Å². The van der Waals surface area contributed by atoms with Crippen LogP contribution in [0.2, 0.25) is 0 Å². The lowest BCUT2D eigenvalue weighted by Crippen LogP contribution is -2.22. The smallest absolute Gasteiger partial charge is 0.131 e. The van der Waals surface area contributed by atoms with Crippen LogP contribution in [0.4, 0.5) is 11.6 Å². The maximum atomic E-state index is 4.31. The Morgan fingerprint density at radius 1 is 1.00 bits per heavy atom. The third-order valence-electron chi connectivity index (χ3n) is 3.80. The van der Waals surface area contributed by atoms with Gasteiger partial charge in [-0.3, -0.25) is 4.98 Å². The molecule has 1 fully saturated rings. The molecule has 2 aromatic heterocycles. The first-order valence-electron chi connectivity index (χ1n) is 7.62. The summed E-state index contributed by atoms with van der Waals surface area (Å²) in [6.07, 6.45) is 9.86. The van der Waals surface area contributed by atoms with Gasteiger partial charge in [0.15, 0.2) is 0 Å². The molecule has 0 unspecified atom stereocenters. The van der Waals surface area contributed by atoms with Crippen LogP contribution in [0.5, 0.6) is 0 Å². The minimum absolute atomic E-state index is 0.553. The summed E-state index contributed by atoms with van der Waals surface area (Å²) in [6.45, 7) is 0.667. The molecule has 2 heterocycles. The molecule has 5 nitrogen and oxygen atoms in total. The van der Waals surface area contributed by atoms with E-state index in [0.29, 0.717) is 12.6 Å². The molecule has 0 aromatic carbocycles. The minimum atomic E-state index is 0.553. The summed E-state index contributed by atoms with van der Waals surface area (Å²) in [6, 6.07) is 8.42. The van der Waals surface area contributed by atoms with Gasteiger partial charge in [-0.05, 0) is 25.0 Å². The number of hydrogen-bond acceptors (Lipinski definition) is 5. The monoisotopic (exact) mass is 283 g/mol. The molecule has 2 aromatic rings. The van der Waals surface area contributed by atoms with E-state index in [1.807, 2.05) is 24.3 Å². The van der Waals surface area contributed by atoms with E-state index in [9.17, 15) is 0 Å². The van der Waals surface area contributed by atoms with E-state index in [0.717, 1.165) is 17.3 Å². The van der Waals surface area contributed by atoms with E-state index in [1.165, 1.54) is 32.1 Å². The second-order valence-electron chi connectivity index (χ2n) is 5.44. The Bertz CT molecular complexity index is 552. The predicted octanol–water partition coefficient (Wildman–Crippen LogP) is 3.23. The number of rotatable bonds is 5. The van der Waals surface area contributed by atoms with Gasteiger partial charge in [0.1, 0.15) is 18.0 Å². The lowest BCUT2D eigenvalue weighted by Gasteiger charge is -2.23. The molecule has 0 radical (unpaired) electrons. The summed E-state index contributed by atoms with van der Waals surface area (Å²) in [5.41, 5.74) is 0.998. The van der Waals surface area contributed by atoms with Crippen LogP contribution >= 0.6 is 0 Å². The first-order chi connectivity index (χ1) is 10.4. The zero-order valence-corrected chi connectivity index (χ0v) is 12.1. The van der Waals surface area contributed by atoms with Gasteiger partial charge in [0.05, 0.1) is 12.2 Å². The molecule has 3 rings (SSSR count). The van der Waals surface area contributed by atoms with Crippen molar-refractivity contribution in [3.05, 3.63) is 42.5 Å². The molecule has 0 bridgehead atoms. The highest BCUT2D eigenvalue weighted by Gasteiger charge is 2.13. The van der Waals surface area contributed by atoms with Gasteiger partial charge in [-0.25, -0.2) is 9.97 Å². The summed E-state index contributed by atoms with van der Waals surface area (Å²) >= 11 is 0. The Labute approximate surface area is 125 Å². The molecule has 0 saturated heterocycles. The Balaban J connectivity index is 1.57. The topological polar surface area (TPSA) is 62.7 Å². The number of pyridine rings is 1. The Kier molecular flexibility index (Phi) is 4.61. The fourth-order valence-electron chi connectivity index (χ4n) is 2.67. The third-order valence-corrected chi connectivity index (χ3v) is 3.80. The van der Waals surface area contributed by atoms with E-state index in [4.69, 9.17) is 0 Å². The average Bonchev–Trinajstić information content (AvgIpc) is 2.55. The molecular formula is C16H21N5. The molecule has 21 heavy (non-hydrogen) atoms. The van der Waals surface area contributed by atoms with Gasteiger partial charge >= 0.3 is 0 Å². The van der Waals surface area contributed by atoms with Gasteiger partial charge in [0, 0.05) is 18.3 Å². The minimum Gasteiger partial charge on any atom is -0.367 e. The fourth-order valence-corrected chi connectivity index (χ4v) is 2.67. The van der Waals surface area contributed by atoms with E-state index in [2.05, 4.69) is 25.6 Å². The van der Waals surface area contributed by atoms with Crippen molar-refractivity contribution in [1.29, 1.82) is 0 Å². The Hall–Kier alpha value is -2.17. The second-order valence-corrected chi connectivity index (χ2v) is 5.44. The largest absolute Gasteiger partial charge is 0.367 e. The van der Waals surface area contributed by atoms with Crippen LogP contribution in [-0.4, -0.2) is 21.0 Å². The third kappa shape index (κ3) is 4.15. The van der Waals surface area contributed by atoms with Crippen molar-refractivity contribution in [2.75, 3.05) is 10.6 Å². The predicted molar refractivity (Wildman–Crippen MR) is 84.1 cm³/mol. The summed E-state index contributed by atoms with van der Waals surface area (Å²) in [7, 11) is 0. The van der Waals surface area contributed by atoms with Crippen LogP contribution < -0.4 is 10.6 Å². The molecule has 0 amide bonds. The fraction of sp³-hybridized carbons (Fsp3) is 0.438. The first-order valence-corrected chi connectivity index (χ1v) is 7.62. The number of aromatic nitrogens is 3. The molecule has 1 saturated carbocycles. The first kappa shape index (κ1) is 13.8. The summed E-state index contributed by atoms with van der Waals surface area (Å²) in [5.74, 6) is 1.73. The molecule has 0 atom stereocenters. The van der Waals surface area contributed by atoms with Crippen molar-refractivity contribution < 1.29 is 0 Å². The van der Waals surface area contributed by atoms with Crippen molar-refractivity contribution in [3.63, 3.8) is 0 Å². The molecule has 0 aliphatic heterocycles. The van der Waals surface area contributed by atoms with Gasteiger partial charge < -0.3 is 10.6 Å². The van der Waals surface area contributed by atoms with E-state index in [-0.39, 0.29) is 0 Å². The molecule has 2 N–H and O–H groups in total. The van der Waals surface area contributed by atoms with Crippen molar-refractivity contribution >= 4 is 11.6 Å². The molecule has 1 aliphatic carbocycles.